The fourth-order valence-corrected chi connectivity index (χ4v) is 11.6. The van der Waals surface area contributed by atoms with Crippen LogP contribution in [0.4, 0.5) is 0 Å². The Labute approximate surface area is 288 Å². The van der Waals surface area contributed by atoms with Gasteiger partial charge < -0.3 is 0 Å². The molecule has 6 nitrogen and oxygen atoms in total. The summed E-state index contributed by atoms with van der Waals surface area (Å²) < 4.78 is 2.20. The normalized spacial score (nSPS) is 12.1. The van der Waals surface area contributed by atoms with Crippen molar-refractivity contribution in [3.8, 4) is 28.5 Å². The van der Waals surface area contributed by atoms with Gasteiger partial charge in [0.1, 0.15) is 16.1 Å². The van der Waals surface area contributed by atoms with Crippen molar-refractivity contribution < 1.29 is 0 Å². The quantitative estimate of drug-likeness (QED) is 0.176. The number of rotatable bonds is 7. The second-order valence-corrected chi connectivity index (χ2v) is 22.4. The molecule has 8 heteroatoms. The Morgan fingerprint density at radius 1 is 0.449 bits per heavy atom. The number of fused-ring (bicyclic) bond motifs is 3. The van der Waals surface area contributed by atoms with Crippen molar-refractivity contribution in [2.24, 2.45) is 0 Å². The first kappa shape index (κ1) is 30.7. The Hall–Kier alpha value is -5.58. The van der Waals surface area contributed by atoms with E-state index in [0.717, 1.165) is 33.5 Å². The van der Waals surface area contributed by atoms with Crippen LogP contribution < -0.4 is 20.7 Å². The predicted octanol–water partition coefficient (Wildman–Crippen LogP) is 6.74. The monoisotopic (exact) mass is 668 g/mol. The van der Waals surface area contributed by atoms with Crippen LogP contribution in [0.15, 0.2) is 146 Å². The zero-order valence-corrected chi connectivity index (χ0v) is 30.0. The number of hydrogen-bond donors (Lipinski definition) is 0. The molecule has 4 heterocycles. The van der Waals surface area contributed by atoms with Crippen LogP contribution in [-0.4, -0.2) is 45.9 Å². The van der Waals surface area contributed by atoms with Crippen LogP contribution in [0.1, 0.15) is 0 Å². The minimum atomic E-state index is -2.12. The van der Waals surface area contributed by atoms with Gasteiger partial charge in [-0.05, 0) is 47.5 Å². The van der Waals surface area contributed by atoms with Crippen LogP contribution in [0.25, 0.3) is 50.3 Å². The van der Waals surface area contributed by atoms with Crippen LogP contribution in [0.5, 0.6) is 0 Å². The lowest BCUT2D eigenvalue weighted by molar-refractivity contribution is 0.888. The highest BCUT2D eigenvalue weighted by molar-refractivity contribution is 7.01. The van der Waals surface area contributed by atoms with Crippen molar-refractivity contribution in [2.75, 3.05) is 0 Å². The first-order valence-electron chi connectivity index (χ1n) is 16.6. The Kier molecular flexibility index (Phi) is 7.62. The van der Waals surface area contributed by atoms with E-state index in [9.17, 15) is 0 Å². The Balaban J connectivity index is 1.27. The van der Waals surface area contributed by atoms with Crippen LogP contribution in [-0.2, 0) is 0 Å². The molecule has 0 bridgehead atoms. The minimum Gasteiger partial charge on any atom is -0.277 e. The van der Waals surface area contributed by atoms with Crippen molar-refractivity contribution in [3.63, 3.8) is 0 Å². The van der Waals surface area contributed by atoms with Crippen LogP contribution in [0.3, 0.4) is 0 Å². The first-order valence-corrected chi connectivity index (χ1v) is 22.6. The minimum absolute atomic E-state index is 0.574. The molecule has 0 aliphatic heterocycles. The molecule has 0 fully saturated rings. The lowest BCUT2D eigenvalue weighted by Crippen LogP contribution is -2.52. The number of hydrogen-bond acceptors (Lipinski definition) is 5. The Morgan fingerprint density at radius 2 is 0.959 bits per heavy atom. The summed E-state index contributed by atoms with van der Waals surface area (Å²) in [6.07, 6.45) is 7.05. The highest BCUT2D eigenvalue weighted by atomic mass is 28.3. The average molecular weight is 669 g/mol. The maximum absolute atomic E-state index is 4.71. The zero-order valence-electron chi connectivity index (χ0n) is 28.0. The van der Waals surface area contributed by atoms with E-state index in [1.165, 1.54) is 31.5 Å². The van der Waals surface area contributed by atoms with Gasteiger partial charge in [-0.2, -0.15) is 5.10 Å². The van der Waals surface area contributed by atoms with E-state index in [4.69, 9.17) is 4.98 Å². The summed E-state index contributed by atoms with van der Waals surface area (Å²) in [6.45, 7) is 9.68. The van der Waals surface area contributed by atoms with E-state index in [1.54, 1.807) is 12.4 Å². The largest absolute Gasteiger partial charge is 0.277 e. The third kappa shape index (κ3) is 5.48. The summed E-state index contributed by atoms with van der Waals surface area (Å²) in [6, 6.07) is 43.9. The van der Waals surface area contributed by atoms with Gasteiger partial charge in [0.15, 0.2) is 0 Å². The number of benzene rings is 4. The van der Waals surface area contributed by atoms with Gasteiger partial charge in [0.25, 0.3) is 5.95 Å². The molecule has 8 rings (SSSR count). The maximum atomic E-state index is 4.71. The van der Waals surface area contributed by atoms with E-state index in [1.807, 2.05) is 36.7 Å². The summed E-state index contributed by atoms with van der Waals surface area (Å²) >= 11 is 0. The van der Waals surface area contributed by atoms with E-state index in [-0.39, 0.29) is 0 Å². The van der Waals surface area contributed by atoms with Crippen molar-refractivity contribution in [2.45, 2.75) is 26.2 Å². The third-order valence-electron chi connectivity index (χ3n) is 9.97. The fraction of sp³-hybridized carbons (Fsp3) is 0.0976. The first-order chi connectivity index (χ1) is 23.8. The maximum Gasteiger partial charge on any atom is 0.254 e. The molecule has 0 N–H and O–H groups in total. The topological polar surface area (TPSA) is 69.4 Å². The lowest BCUT2D eigenvalue weighted by atomic mass is 10.1. The molecule has 4 aromatic carbocycles. The molecule has 0 unspecified atom stereocenters. The zero-order chi connectivity index (χ0) is 33.6. The summed E-state index contributed by atoms with van der Waals surface area (Å²) in [5.41, 5.74) is 6.45. The summed E-state index contributed by atoms with van der Waals surface area (Å²) in [5.74, 6) is 0.574. The number of nitrogens with zero attached hydrogens (tertiary/aromatic N) is 6. The Morgan fingerprint density at radius 3 is 1.41 bits per heavy atom. The van der Waals surface area contributed by atoms with E-state index in [0.29, 0.717) is 5.95 Å². The number of pyridine rings is 2. The molecular weight excluding hydrogens is 633 g/mol. The van der Waals surface area contributed by atoms with Crippen LogP contribution >= 0.6 is 0 Å². The van der Waals surface area contributed by atoms with Gasteiger partial charge in [0.2, 0.25) is 0 Å². The van der Waals surface area contributed by atoms with Crippen molar-refractivity contribution in [1.29, 1.82) is 0 Å². The molecule has 0 spiro atoms. The molecule has 0 atom stereocenters. The molecule has 0 radical (unpaired) electrons. The van der Waals surface area contributed by atoms with Gasteiger partial charge in [-0.25, -0.2) is 4.98 Å². The fourth-order valence-electron chi connectivity index (χ4n) is 6.89. The highest BCUT2D eigenvalue weighted by Gasteiger charge is 2.30. The lowest BCUT2D eigenvalue weighted by Gasteiger charge is -2.25. The van der Waals surface area contributed by atoms with Gasteiger partial charge in [0, 0.05) is 23.2 Å². The van der Waals surface area contributed by atoms with E-state index in [2.05, 4.69) is 148 Å². The van der Waals surface area contributed by atoms with Gasteiger partial charge >= 0.3 is 0 Å². The molecule has 49 heavy (non-hydrogen) atoms. The summed E-state index contributed by atoms with van der Waals surface area (Å²) in [4.78, 5) is 13.9. The molecule has 4 aromatic heterocycles. The smallest absolute Gasteiger partial charge is 0.254 e. The second-order valence-electron chi connectivity index (χ2n) is 13.6. The van der Waals surface area contributed by atoms with Gasteiger partial charge in [0.05, 0.1) is 34.8 Å². The second kappa shape index (κ2) is 12.1. The van der Waals surface area contributed by atoms with Gasteiger partial charge in [-0.1, -0.05) is 132 Å². The van der Waals surface area contributed by atoms with Crippen LogP contribution in [0.2, 0.25) is 26.2 Å². The average Bonchev–Trinajstić information content (AvgIpc) is 3.49. The molecule has 0 saturated heterocycles. The highest BCUT2D eigenvalue weighted by Crippen LogP contribution is 2.31. The van der Waals surface area contributed by atoms with Crippen molar-refractivity contribution in [3.05, 3.63) is 146 Å². The summed E-state index contributed by atoms with van der Waals surface area (Å²) in [5, 5.41) is 16.5. The van der Waals surface area contributed by atoms with Crippen molar-refractivity contribution >= 4 is 58.7 Å². The van der Waals surface area contributed by atoms with Crippen LogP contribution in [0, 0.1) is 0 Å². The Bertz CT molecular complexity index is 2290. The molecule has 0 amide bonds. The molecule has 0 saturated carbocycles. The predicted molar refractivity (Wildman–Crippen MR) is 207 cm³/mol. The molecule has 0 aliphatic rings. The SMILES string of the molecule is C[Si](C)(c1cccc(-c2ccccn2)c1)c1ccc2c3ccc([Si](C)(C)c4cccc(-c5ccccn5)c4)cc3n(-c3nccnn3)c2c1. The number of aromatic nitrogens is 6. The molecular formula is C41H36N6Si2. The van der Waals surface area contributed by atoms with Gasteiger partial charge in [-0.15, -0.1) is 5.10 Å². The molecule has 238 valence electrons. The summed E-state index contributed by atoms with van der Waals surface area (Å²) in [7, 11) is -4.25. The van der Waals surface area contributed by atoms with Crippen molar-refractivity contribution in [1.82, 2.24) is 29.7 Å². The molecule has 0 aliphatic carbocycles. The standard InChI is InChI=1S/C41H36N6Si2/c1-48(2,31-13-9-11-29(25-31)37-15-5-7-21-42-37)33-17-19-35-36-20-18-34(28-40(36)47(39(35)27-33)41-44-23-24-45-46-41)49(3,4)32-14-10-12-30(26-32)38-16-6-8-22-43-38/h5-28H,1-4H3. The molecule has 8 aromatic rings. The third-order valence-corrected chi connectivity index (χ3v) is 17.0. The van der Waals surface area contributed by atoms with E-state index >= 15 is 0 Å². The van der Waals surface area contributed by atoms with E-state index < -0.39 is 16.1 Å². The van der Waals surface area contributed by atoms with Gasteiger partial charge in [-0.3, -0.25) is 14.5 Å².